The van der Waals surface area contributed by atoms with Crippen molar-refractivity contribution in [1.82, 2.24) is 0 Å². The van der Waals surface area contributed by atoms with Crippen LogP contribution in [0.15, 0.2) is 28.7 Å². The van der Waals surface area contributed by atoms with Gasteiger partial charge in [0.15, 0.2) is 0 Å². The van der Waals surface area contributed by atoms with Crippen molar-refractivity contribution in [3.63, 3.8) is 0 Å². The van der Waals surface area contributed by atoms with Gasteiger partial charge in [0.25, 0.3) is 0 Å². The number of rotatable bonds is 3. The molecule has 0 unspecified atom stereocenters. The average Bonchev–Trinajstić information content (AvgIpc) is 2.69. The smallest absolute Gasteiger partial charge is 0.203 e. The van der Waals surface area contributed by atoms with Crippen molar-refractivity contribution >= 4 is 38.7 Å². The Hall–Kier alpha value is -1.33. The van der Waals surface area contributed by atoms with Gasteiger partial charge in [-0.3, -0.25) is 4.79 Å². The zero-order chi connectivity index (χ0) is 13.3. The zero-order valence-corrected chi connectivity index (χ0v) is 12.4. The maximum absolute atomic E-state index is 12.3. The number of benzene rings is 1. The Morgan fingerprint density at radius 3 is 2.67 bits per heavy atom. The first-order valence-electron chi connectivity index (χ1n) is 5.27. The van der Waals surface area contributed by atoms with E-state index in [4.69, 9.17) is 10.5 Å². The van der Waals surface area contributed by atoms with Crippen LogP contribution in [0.4, 0.5) is 5.69 Å². The van der Waals surface area contributed by atoms with Gasteiger partial charge in [0.2, 0.25) is 5.78 Å². The molecule has 2 rings (SSSR count). The Kier molecular flexibility index (Phi) is 3.73. The van der Waals surface area contributed by atoms with E-state index in [0.29, 0.717) is 21.9 Å². The molecule has 18 heavy (non-hydrogen) atoms. The van der Waals surface area contributed by atoms with Crippen molar-refractivity contribution in [2.75, 3.05) is 12.8 Å². The van der Waals surface area contributed by atoms with Crippen LogP contribution in [0.3, 0.4) is 0 Å². The molecule has 0 bridgehead atoms. The SMILES string of the molecule is COc1cc(C(=O)c2cc(Br)c(C)s2)ccc1N. The van der Waals surface area contributed by atoms with Crippen molar-refractivity contribution in [3.8, 4) is 5.75 Å². The van der Waals surface area contributed by atoms with Crippen LogP contribution in [0.25, 0.3) is 0 Å². The minimum absolute atomic E-state index is 0.0212. The average molecular weight is 326 g/mol. The molecule has 1 aromatic carbocycles. The van der Waals surface area contributed by atoms with Gasteiger partial charge >= 0.3 is 0 Å². The van der Waals surface area contributed by atoms with E-state index in [2.05, 4.69) is 15.9 Å². The second-order valence-corrected chi connectivity index (χ2v) is 5.91. The molecule has 94 valence electrons. The molecular weight excluding hydrogens is 314 g/mol. The topological polar surface area (TPSA) is 52.3 Å². The van der Waals surface area contributed by atoms with Gasteiger partial charge in [0.05, 0.1) is 17.7 Å². The highest BCUT2D eigenvalue weighted by Crippen LogP contribution is 2.30. The lowest BCUT2D eigenvalue weighted by molar-refractivity contribution is 0.104. The first-order valence-corrected chi connectivity index (χ1v) is 6.88. The summed E-state index contributed by atoms with van der Waals surface area (Å²) in [7, 11) is 1.53. The largest absolute Gasteiger partial charge is 0.495 e. The minimum Gasteiger partial charge on any atom is -0.495 e. The fraction of sp³-hybridized carbons (Fsp3) is 0.154. The maximum atomic E-state index is 12.3. The van der Waals surface area contributed by atoms with Crippen molar-refractivity contribution in [1.29, 1.82) is 0 Å². The lowest BCUT2D eigenvalue weighted by Gasteiger charge is -2.05. The molecule has 0 radical (unpaired) electrons. The Morgan fingerprint density at radius 1 is 1.39 bits per heavy atom. The molecular formula is C13H12BrNO2S. The van der Waals surface area contributed by atoms with Gasteiger partial charge < -0.3 is 10.5 Å². The Morgan fingerprint density at radius 2 is 2.11 bits per heavy atom. The quantitative estimate of drug-likeness (QED) is 0.692. The highest BCUT2D eigenvalue weighted by molar-refractivity contribution is 9.10. The van der Waals surface area contributed by atoms with Crippen LogP contribution in [0, 0.1) is 6.92 Å². The predicted octanol–water partition coefficient (Wildman–Crippen LogP) is 3.64. The van der Waals surface area contributed by atoms with E-state index in [1.165, 1.54) is 18.4 Å². The van der Waals surface area contributed by atoms with E-state index in [0.717, 1.165) is 9.35 Å². The van der Waals surface area contributed by atoms with E-state index in [1.54, 1.807) is 18.2 Å². The molecule has 0 aliphatic carbocycles. The van der Waals surface area contributed by atoms with Crippen LogP contribution < -0.4 is 10.5 Å². The maximum Gasteiger partial charge on any atom is 0.203 e. The molecule has 2 N–H and O–H groups in total. The van der Waals surface area contributed by atoms with Crippen LogP contribution in [0.1, 0.15) is 20.1 Å². The first kappa shape index (κ1) is 13.1. The lowest BCUT2D eigenvalue weighted by Crippen LogP contribution is -2.01. The van der Waals surface area contributed by atoms with E-state index in [9.17, 15) is 4.79 Å². The second-order valence-electron chi connectivity index (χ2n) is 3.80. The minimum atomic E-state index is -0.0212. The number of ether oxygens (including phenoxy) is 1. The van der Waals surface area contributed by atoms with Crippen LogP contribution in [0.5, 0.6) is 5.75 Å². The first-order chi connectivity index (χ1) is 8.52. The number of hydrogen-bond acceptors (Lipinski definition) is 4. The molecule has 0 fully saturated rings. The molecule has 2 aromatic rings. The standard InChI is InChI=1S/C13H12BrNO2S/c1-7-9(14)6-12(18-7)13(16)8-3-4-10(15)11(5-8)17-2/h3-6H,15H2,1-2H3. The number of nitrogens with two attached hydrogens (primary N) is 1. The third-order valence-corrected chi connectivity index (χ3v) is 4.71. The number of ketones is 1. The molecule has 0 saturated heterocycles. The number of thiophene rings is 1. The number of carbonyl (C=O) groups is 1. The van der Waals surface area contributed by atoms with Crippen molar-refractivity contribution in [2.24, 2.45) is 0 Å². The summed E-state index contributed by atoms with van der Waals surface area (Å²) in [6.45, 7) is 1.97. The summed E-state index contributed by atoms with van der Waals surface area (Å²) < 4.78 is 6.07. The predicted molar refractivity (Wildman–Crippen MR) is 77.6 cm³/mol. The summed E-state index contributed by atoms with van der Waals surface area (Å²) in [4.78, 5) is 14.1. The summed E-state index contributed by atoms with van der Waals surface area (Å²) in [5.74, 6) is 0.500. The molecule has 1 heterocycles. The van der Waals surface area contributed by atoms with Gasteiger partial charge in [-0.25, -0.2) is 0 Å². The molecule has 0 atom stereocenters. The van der Waals surface area contributed by atoms with Gasteiger partial charge in [0, 0.05) is 14.9 Å². The monoisotopic (exact) mass is 325 g/mol. The number of nitrogen functional groups attached to an aromatic ring is 1. The van der Waals surface area contributed by atoms with Gasteiger partial charge in [-0.15, -0.1) is 11.3 Å². The van der Waals surface area contributed by atoms with E-state index >= 15 is 0 Å². The van der Waals surface area contributed by atoms with Gasteiger partial charge in [-0.1, -0.05) is 0 Å². The summed E-state index contributed by atoms with van der Waals surface area (Å²) in [5, 5.41) is 0. The Balaban J connectivity index is 2.39. The zero-order valence-electron chi connectivity index (χ0n) is 9.99. The van der Waals surface area contributed by atoms with E-state index in [-0.39, 0.29) is 5.78 Å². The number of anilines is 1. The van der Waals surface area contributed by atoms with Crippen LogP contribution in [-0.2, 0) is 0 Å². The molecule has 5 heteroatoms. The number of halogens is 1. The number of carbonyl (C=O) groups excluding carboxylic acids is 1. The number of aryl methyl sites for hydroxylation is 1. The third kappa shape index (κ3) is 2.42. The van der Waals surface area contributed by atoms with Gasteiger partial charge in [-0.05, 0) is 47.1 Å². The fourth-order valence-electron chi connectivity index (χ4n) is 1.57. The highest BCUT2D eigenvalue weighted by Gasteiger charge is 2.15. The van der Waals surface area contributed by atoms with E-state index < -0.39 is 0 Å². The van der Waals surface area contributed by atoms with Gasteiger partial charge in [0.1, 0.15) is 5.75 Å². The summed E-state index contributed by atoms with van der Waals surface area (Å²) in [6, 6.07) is 6.90. The number of hydrogen-bond donors (Lipinski definition) is 1. The van der Waals surface area contributed by atoms with Gasteiger partial charge in [-0.2, -0.15) is 0 Å². The van der Waals surface area contributed by atoms with Crippen LogP contribution in [-0.4, -0.2) is 12.9 Å². The Labute approximate surface area is 118 Å². The molecule has 0 amide bonds. The molecule has 3 nitrogen and oxygen atoms in total. The van der Waals surface area contributed by atoms with Crippen molar-refractivity contribution in [2.45, 2.75) is 6.92 Å². The number of methoxy groups -OCH3 is 1. The fourth-order valence-corrected chi connectivity index (χ4v) is 3.06. The lowest BCUT2D eigenvalue weighted by atomic mass is 10.1. The summed E-state index contributed by atoms with van der Waals surface area (Å²) in [6.07, 6.45) is 0. The molecule has 0 spiro atoms. The van der Waals surface area contributed by atoms with Crippen molar-refractivity contribution in [3.05, 3.63) is 44.1 Å². The second kappa shape index (κ2) is 5.12. The highest BCUT2D eigenvalue weighted by atomic mass is 79.9. The molecule has 0 saturated carbocycles. The van der Waals surface area contributed by atoms with Crippen molar-refractivity contribution < 1.29 is 9.53 Å². The molecule has 0 aliphatic rings. The Bertz CT molecular complexity index is 588. The molecule has 1 aromatic heterocycles. The summed E-state index contributed by atoms with van der Waals surface area (Å²) >= 11 is 4.88. The van der Waals surface area contributed by atoms with Crippen LogP contribution in [0.2, 0.25) is 0 Å². The van der Waals surface area contributed by atoms with Crippen LogP contribution >= 0.6 is 27.3 Å². The van der Waals surface area contributed by atoms with E-state index in [1.807, 2.05) is 13.0 Å². The normalized spacial score (nSPS) is 10.4. The summed E-state index contributed by atoms with van der Waals surface area (Å²) in [5.41, 5.74) is 6.83. The third-order valence-electron chi connectivity index (χ3n) is 2.58. The molecule has 0 aliphatic heterocycles.